The van der Waals surface area contributed by atoms with Crippen LogP contribution in [0.25, 0.3) is 11.3 Å². The van der Waals surface area contributed by atoms with Crippen LogP contribution in [0.2, 0.25) is 0 Å². The third-order valence-corrected chi connectivity index (χ3v) is 2.65. The van der Waals surface area contributed by atoms with E-state index in [4.69, 9.17) is 4.74 Å². The molecule has 96 valence electrons. The number of rotatable bonds is 6. The van der Waals surface area contributed by atoms with E-state index in [0.29, 0.717) is 6.61 Å². The molecule has 2 aromatic rings. The second-order valence-electron chi connectivity index (χ2n) is 3.98. The lowest BCUT2D eigenvalue weighted by molar-refractivity contribution is 0.340. The Balaban J connectivity index is 2.08. The number of benzene rings is 1. The fourth-order valence-electron chi connectivity index (χ4n) is 1.74. The summed E-state index contributed by atoms with van der Waals surface area (Å²) in [5, 5.41) is 3.24. The van der Waals surface area contributed by atoms with Crippen molar-refractivity contribution in [1.82, 2.24) is 15.3 Å². The van der Waals surface area contributed by atoms with E-state index in [9.17, 15) is 0 Å². The molecule has 0 amide bonds. The second-order valence-corrected chi connectivity index (χ2v) is 3.98. The van der Waals surface area contributed by atoms with Crippen molar-refractivity contribution < 1.29 is 4.74 Å². The maximum absolute atomic E-state index is 5.42. The lowest BCUT2D eigenvalue weighted by Gasteiger charge is -2.03. The van der Waals surface area contributed by atoms with Gasteiger partial charge in [-0.05, 0) is 43.3 Å². The minimum Gasteiger partial charge on any atom is -0.494 e. The molecule has 0 spiro atoms. The third-order valence-electron chi connectivity index (χ3n) is 2.65. The number of aromatic amines is 1. The largest absolute Gasteiger partial charge is 0.494 e. The number of nitrogens with one attached hydrogen (secondary N) is 2. The van der Waals surface area contributed by atoms with E-state index < -0.39 is 0 Å². The summed E-state index contributed by atoms with van der Waals surface area (Å²) in [7, 11) is 0. The molecule has 4 heteroatoms. The molecule has 18 heavy (non-hydrogen) atoms. The van der Waals surface area contributed by atoms with Crippen molar-refractivity contribution in [3.8, 4) is 17.0 Å². The van der Waals surface area contributed by atoms with E-state index in [1.54, 1.807) is 0 Å². The number of hydrogen-bond donors (Lipinski definition) is 2. The molecule has 4 nitrogen and oxygen atoms in total. The molecule has 0 unspecified atom stereocenters. The number of imidazole rings is 1. The SMILES string of the molecule is CCNCc1ncc(-c2ccc(OCC)cc2)[nH]1. The van der Waals surface area contributed by atoms with E-state index in [0.717, 1.165) is 35.9 Å². The van der Waals surface area contributed by atoms with Crippen LogP contribution in [0, 0.1) is 0 Å². The lowest BCUT2D eigenvalue weighted by Crippen LogP contribution is -2.12. The highest BCUT2D eigenvalue weighted by Gasteiger charge is 2.03. The number of H-pyrrole nitrogens is 1. The average molecular weight is 245 g/mol. The van der Waals surface area contributed by atoms with E-state index in [-0.39, 0.29) is 0 Å². The van der Waals surface area contributed by atoms with Gasteiger partial charge in [0.15, 0.2) is 0 Å². The van der Waals surface area contributed by atoms with Gasteiger partial charge in [-0.3, -0.25) is 0 Å². The van der Waals surface area contributed by atoms with Gasteiger partial charge in [0, 0.05) is 0 Å². The Morgan fingerprint density at radius 2 is 2.00 bits per heavy atom. The summed E-state index contributed by atoms with van der Waals surface area (Å²) < 4.78 is 5.42. The van der Waals surface area contributed by atoms with Gasteiger partial charge in [-0.15, -0.1) is 0 Å². The predicted octanol–water partition coefficient (Wildman–Crippen LogP) is 2.58. The quantitative estimate of drug-likeness (QED) is 0.822. The van der Waals surface area contributed by atoms with Crippen LogP contribution in [-0.2, 0) is 6.54 Å². The van der Waals surface area contributed by atoms with Gasteiger partial charge in [0.25, 0.3) is 0 Å². The molecule has 0 bridgehead atoms. The minimum absolute atomic E-state index is 0.691. The monoisotopic (exact) mass is 245 g/mol. The second kappa shape index (κ2) is 6.21. The Morgan fingerprint density at radius 1 is 1.22 bits per heavy atom. The molecule has 1 aromatic heterocycles. The normalized spacial score (nSPS) is 10.6. The molecule has 0 saturated carbocycles. The summed E-state index contributed by atoms with van der Waals surface area (Å²) in [6.07, 6.45) is 1.86. The van der Waals surface area contributed by atoms with E-state index >= 15 is 0 Å². The van der Waals surface area contributed by atoms with Gasteiger partial charge in [0.1, 0.15) is 11.6 Å². The van der Waals surface area contributed by atoms with Crippen molar-refractivity contribution >= 4 is 0 Å². The van der Waals surface area contributed by atoms with Crippen LogP contribution in [0.3, 0.4) is 0 Å². The molecule has 0 aliphatic heterocycles. The van der Waals surface area contributed by atoms with Crippen LogP contribution < -0.4 is 10.1 Å². The van der Waals surface area contributed by atoms with Gasteiger partial charge in [-0.1, -0.05) is 6.92 Å². The first-order valence-electron chi connectivity index (χ1n) is 6.31. The zero-order chi connectivity index (χ0) is 12.8. The highest BCUT2D eigenvalue weighted by atomic mass is 16.5. The predicted molar refractivity (Wildman–Crippen MR) is 72.6 cm³/mol. The molecule has 1 aromatic carbocycles. The molecular weight excluding hydrogens is 226 g/mol. The van der Waals surface area contributed by atoms with Crippen molar-refractivity contribution in [2.45, 2.75) is 20.4 Å². The zero-order valence-corrected chi connectivity index (χ0v) is 10.9. The van der Waals surface area contributed by atoms with E-state index in [1.807, 2.05) is 37.4 Å². The number of aromatic nitrogens is 2. The van der Waals surface area contributed by atoms with Crippen molar-refractivity contribution in [1.29, 1.82) is 0 Å². The van der Waals surface area contributed by atoms with Crippen LogP contribution in [0.5, 0.6) is 5.75 Å². The fraction of sp³-hybridized carbons (Fsp3) is 0.357. The molecule has 1 heterocycles. The molecule has 0 saturated heterocycles. The van der Waals surface area contributed by atoms with Crippen molar-refractivity contribution in [2.24, 2.45) is 0 Å². The average Bonchev–Trinajstić information content (AvgIpc) is 2.86. The smallest absolute Gasteiger partial charge is 0.120 e. The summed E-state index contributed by atoms with van der Waals surface area (Å²) in [6, 6.07) is 8.03. The summed E-state index contributed by atoms with van der Waals surface area (Å²) in [4.78, 5) is 7.64. The van der Waals surface area contributed by atoms with Crippen molar-refractivity contribution in [2.75, 3.05) is 13.2 Å². The van der Waals surface area contributed by atoms with Gasteiger partial charge in [-0.2, -0.15) is 0 Å². The summed E-state index contributed by atoms with van der Waals surface area (Å²) in [5.74, 6) is 1.86. The minimum atomic E-state index is 0.691. The molecule has 0 radical (unpaired) electrons. The standard InChI is InChI=1S/C14H19N3O/c1-3-15-10-14-16-9-13(17-14)11-5-7-12(8-6-11)18-4-2/h5-9,15H,3-4,10H2,1-2H3,(H,16,17). The molecule has 0 atom stereocenters. The molecular formula is C14H19N3O. The summed E-state index contributed by atoms with van der Waals surface area (Å²) >= 11 is 0. The summed E-state index contributed by atoms with van der Waals surface area (Å²) in [5.41, 5.74) is 2.15. The first-order chi connectivity index (χ1) is 8.83. The zero-order valence-electron chi connectivity index (χ0n) is 10.9. The summed E-state index contributed by atoms with van der Waals surface area (Å²) in [6.45, 7) is 6.47. The Kier molecular flexibility index (Phi) is 4.36. The molecule has 2 N–H and O–H groups in total. The Morgan fingerprint density at radius 3 is 2.67 bits per heavy atom. The van der Waals surface area contributed by atoms with Gasteiger partial charge < -0.3 is 15.0 Å². The Hall–Kier alpha value is -1.81. The Bertz CT molecular complexity index is 476. The van der Waals surface area contributed by atoms with Gasteiger partial charge in [0.05, 0.1) is 25.0 Å². The number of hydrogen-bond acceptors (Lipinski definition) is 3. The fourth-order valence-corrected chi connectivity index (χ4v) is 1.74. The van der Waals surface area contributed by atoms with Crippen molar-refractivity contribution in [3.05, 3.63) is 36.3 Å². The third kappa shape index (κ3) is 3.11. The Labute approximate surface area is 107 Å². The highest BCUT2D eigenvalue weighted by Crippen LogP contribution is 2.20. The molecule has 0 aliphatic carbocycles. The maximum atomic E-state index is 5.42. The number of ether oxygens (including phenoxy) is 1. The van der Waals surface area contributed by atoms with Crippen molar-refractivity contribution in [3.63, 3.8) is 0 Å². The maximum Gasteiger partial charge on any atom is 0.120 e. The van der Waals surface area contributed by atoms with Crippen LogP contribution in [0.15, 0.2) is 30.5 Å². The van der Waals surface area contributed by atoms with Crippen LogP contribution in [-0.4, -0.2) is 23.1 Å². The highest BCUT2D eigenvalue weighted by molar-refractivity contribution is 5.59. The van der Waals surface area contributed by atoms with E-state index in [1.165, 1.54) is 0 Å². The van der Waals surface area contributed by atoms with Crippen LogP contribution in [0.4, 0.5) is 0 Å². The van der Waals surface area contributed by atoms with Crippen LogP contribution in [0.1, 0.15) is 19.7 Å². The van der Waals surface area contributed by atoms with Gasteiger partial charge in [0.2, 0.25) is 0 Å². The van der Waals surface area contributed by atoms with Gasteiger partial charge >= 0.3 is 0 Å². The first kappa shape index (κ1) is 12.6. The van der Waals surface area contributed by atoms with Crippen LogP contribution >= 0.6 is 0 Å². The van der Waals surface area contributed by atoms with E-state index in [2.05, 4.69) is 22.2 Å². The molecule has 0 fully saturated rings. The lowest BCUT2D eigenvalue weighted by atomic mass is 10.2. The molecule has 2 rings (SSSR count). The first-order valence-corrected chi connectivity index (χ1v) is 6.31. The topological polar surface area (TPSA) is 49.9 Å². The number of nitrogens with zero attached hydrogens (tertiary/aromatic N) is 1. The molecule has 0 aliphatic rings. The van der Waals surface area contributed by atoms with Gasteiger partial charge in [-0.25, -0.2) is 4.98 Å².